The van der Waals surface area contributed by atoms with E-state index < -0.39 is 0 Å². The molecule has 0 spiro atoms. The third-order valence-electron chi connectivity index (χ3n) is 4.85. The van der Waals surface area contributed by atoms with Crippen LogP contribution in [-0.4, -0.2) is 13.1 Å². The molecule has 0 N–H and O–H groups in total. The summed E-state index contributed by atoms with van der Waals surface area (Å²) in [6.07, 6.45) is 3.93. The fraction of sp³-hybridized carbons (Fsp3) is 0.350. The van der Waals surface area contributed by atoms with E-state index in [1.54, 1.807) is 0 Å². The fourth-order valence-corrected chi connectivity index (χ4v) is 3.56. The molecule has 1 aliphatic rings. The van der Waals surface area contributed by atoms with Crippen molar-refractivity contribution in [2.75, 3.05) is 7.11 Å². The third kappa shape index (κ3) is 2.33. The maximum absolute atomic E-state index is 12.4. The van der Waals surface area contributed by atoms with Gasteiger partial charge in [-0.05, 0) is 38.3 Å². The van der Waals surface area contributed by atoms with Crippen LogP contribution in [0.4, 0.5) is 0 Å². The highest BCUT2D eigenvalue weighted by atomic mass is 16.5. The molecule has 0 bridgehead atoms. The van der Waals surface area contributed by atoms with Crippen molar-refractivity contribution in [3.05, 3.63) is 58.7 Å². The van der Waals surface area contributed by atoms with Gasteiger partial charge in [-0.2, -0.15) is 0 Å². The van der Waals surface area contributed by atoms with Crippen molar-refractivity contribution in [3.8, 4) is 0 Å². The number of carbonyl (C=O) groups is 1. The summed E-state index contributed by atoms with van der Waals surface area (Å²) in [6.45, 7) is 2.01. The van der Waals surface area contributed by atoms with Crippen LogP contribution >= 0.6 is 0 Å². The lowest BCUT2D eigenvalue weighted by molar-refractivity contribution is 0.0596. The van der Waals surface area contributed by atoms with Gasteiger partial charge >= 0.3 is 5.97 Å². The molecule has 3 aromatic rings. The number of fused-ring (bicyclic) bond motifs is 2. The molecule has 0 amide bonds. The standard InChI is InChI=1S/C20H20O4/c1-12(17-11-13-7-3-5-9-15(13)23-17)19-18(20(21)22-2)14-8-4-6-10-16(14)24-19/h3,5,7,9,11-12H,4,6,8,10H2,1-2H3. The predicted molar refractivity (Wildman–Crippen MR) is 90.4 cm³/mol. The van der Waals surface area contributed by atoms with Gasteiger partial charge in [-0.1, -0.05) is 18.2 Å². The minimum absolute atomic E-state index is 0.142. The summed E-state index contributed by atoms with van der Waals surface area (Å²) in [4.78, 5) is 12.4. The maximum atomic E-state index is 12.4. The first-order chi connectivity index (χ1) is 11.7. The van der Waals surface area contributed by atoms with Gasteiger partial charge < -0.3 is 13.6 Å². The van der Waals surface area contributed by atoms with Crippen LogP contribution in [0.3, 0.4) is 0 Å². The molecule has 2 aromatic heterocycles. The molecule has 1 atom stereocenters. The Morgan fingerprint density at radius 1 is 1.17 bits per heavy atom. The Bertz CT molecular complexity index is 867. The number of methoxy groups -OCH3 is 1. The van der Waals surface area contributed by atoms with E-state index in [2.05, 4.69) is 0 Å². The molecule has 124 valence electrons. The quantitative estimate of drug-likeness (QED) is 0.647. The summed E-state index contributed by atoms with van der Waals surface area (Å²) >= 11 is 0. The fourth-order valence-electron chi connectivity index (χ4n) is 3.56. The van der Waals surface area contributed by atoms with Gasteiger partial charge in [0.1, 0.15) is 28.4 Å². The van der Waals surface area contributed by atoms with Gasteiger partial charge in [0.05, 0.1) is 13.0 Å². The number of furan rings is 2. The number of esters is 1. The number of aryl methyl sites for hydroxylation is 1. The molecule has 24 heavy (non-hydrogen) atoms. The number of benzene rings is 1. The molecule has 0 fully saturated rings. The zero-order valence-corrected chi connectivity index (χ0v) is 13.9. The van der Waals surface area contributed by atoms with E-state index in [1.165, 1.54) is 7.11 Å². The van der Waals surface area contributed by atoms with Gasteiger partial charge in [-0.15, -0.1) is 0 Å². The number of hydrogen-bond donors (Lipinski definition) is 0. The summed E-state index contributed by atoms with van der Waals surface area (Å²) in [7, 11) is 1.42. The van der Waals surface area contributed by atoms with Crippen molar-refractivity contribution in [1.29, 1.82) is 0 Å². The van der Waals surface area contributed by atoms with Gasteiger partial charge in [-0.25, -0.2) is 4.79 Å². The molecule has 4 nitrogen and oxygen atoms in total. The van der Waals surface area contributed by atoms with Crippen LogP contribution in [0.1, 0.15) is 58.9 Å². The largest absolute Gasteiger partial charge is 0.465 e. The molecular weight excluding hydrogens is 304 g/mol. The van der Waals surface area contributed by atoms with Crippen LogP contribution in [-0.2, 0) is 17.6 Å². The van der Waals surface area contributed by atoms with Gasteiger partial charge in [-0.3, -0.25) is 0 Å². The van der Waals surface area contributed by atoms with Crippen molar-refractivity contribution in [3.63, 3.8) is 0 Å². The van der Waals surface area contributed by atoms with E-state index in [0.29, 0.717) is 11.3 Å². The molecule has 4 heteroatoms. The highest BCUT2D eigenvalue weighted by Gasteiger charge is 2.31. The second kappa shape index (κ2) is 5.86. The SMILES string of the molecule is COC(=O)c1c(C(C)c2cc3ccccc3o2)oc2c1CCCC2. The molecule has 0 aliphatic heterocycles. The topological polar surface area (TPSA) is 52.6 Å². The zero-order chi connectivity index (χ0) is 16.7. The second-order valence-electron chi connectivity index (χ2n) is 6.35. The first kappa shape index (κ1) is 15.1. The first-order valence-corrected chi connectivity index (χ1v) is 8.40. The Morgan fingerprint density at radius 3 is 2.75 bits per heavy atom. The van der Waals surface area contributed by atoms with E-state index in [4.69, 9.17) is 13.6 Å². The predicted octanol–water partition coefficient (Wildman–Crippen LogP) is 4.84. The normalized spacial score (nSPS) is 15.2. The lowest BCUT2D eigenvalue weighted by Crippen LogP contribution is -2.10. The van der Waals surface area contributed by atoms with E-state index in [0.717, 1.165) is 53.7 Å². The Kier molecular flexibility index (Phi) is 3.68. The maximum Gasteiger partial charge on any atom is 0.341 e. The molecule has 0 saturated carbocycles. The summed E-state index contributed by atoms with van der Waals surface area (Å²) in [5.41, 5.74) is 2.46. The molecule has 0 saturated heterocycles. The zero-order valence-electron chi connectivity index (χ0n) is 13.9. The molecule has 1 unspecified atom stereocenters. The molecule has 4 rings (SSSR count). The van der Waals surface area contributed by atoms with Crippen molar-refractivity contribution in [1.82, 2.24) is 0 Å². The summed E-state index contributed by atoms with van der Waals surface area (Å²) < 4.78 is 17.1. The molecule has 2 heterocycles. The van der Waals surface area contributed by atoms with Crippen LogP contribution in [0.25, 0.3) is 11.0 Å². The van der Waals surface area contributed by atoms with Gasteiger partial charge in [0.25, 0.3) is 0 Å². The van der Waals surface area contributed by atoms with Gasteiger partial charge in [0.15, 0.2) is 0 Å². The Labute approximate surface area is 140 Å². The van der Waals surface area contributed by atoms with Crippen LogP contribution in [0, 0.1) is 0 Å². The Morgan fingerprint density at radius 2 is 1.96 bits per heavy atom. The van der Waals surface area contributed by atoms with Crippen molar-refractivity contribution >= 4 is 16.9 Å². The number of hydrogen-bond acceptors (Lipinski definition) is 4. The number of para-hydroxylation sites is 1. The van der Waals surface area contributed by atoms with E-state index in [-0.39, 0.29) is 11.9 Å². The highest BCUT2D eigenvalue weighted by Crippen LogP contribution is 2.38. The van der Waals surface area contributed by atoms with Crippen molar-refractivity contribution in [2.24, 2.45) is 0 Å². The van der Waals surface area contributed by atoms with E-state index in [1.807, 2.05) is 37.3 Å². The number of carbonyl (C=O) groups excluding carboxylic acids is 1. The smallest absolute Gasteiger partial charge is 0.341 e. The number of rotatable bonds is 3. The lowest BCUT2D eigenvalue weighted by atomic mass is 9.92. The molecule has 1 aliphatic carbocycles. The summed E-state index contributed by atoms with van der Waals surface area (Å²) in [6, 6.07) is 9.91. The van der Waals surface area contributed by atoms with Crippen LogP contribution in [0.2, 0.25) is 0 Å². The third-order valence-corrected chi connectivity index (χ3v) is 4.85. The van der Waals surface area contributed by atoms with Crippen LogP contribution < -0.4 is 0 Å². The molecule has 1 aromatic carbocycles. The average molecular weight is 324 g/mol. The summed E-state index contributed by atoms with van der Waals surface area (Å²) in [5, 5.41) is 1.05. The molecule has 0 radical (unpaired) electrons. The Hall–Kier alpha value is -2.49. The summed E-state index contributed by atoms with van der Waals surface area (Å²) in [5.74, 6) is 1.93. The van der Waals surface area contributed by atoms with Gasteiger partial charge in [0, 0.05) is 17.4 Å². The van der Waals surface area contributed by atoms with E-state index >= 15 is 0 Å². The highest BCUT2D eigenvalue weighted by molar-refractivity contribution is 5.93. The van der Waals surface area contributed by atoms with Crippen LogP contribution in [0.5, 0.6) is 0 Å². The number of ether oxygens (including phenoxy) is 1. The van der Waals surface area contributed by atoms with Gasteiger partial charge in [0.2, 0.25) is 0 Å². The molecular formula is C20H20O4. The van der Waals surface area contributed by atoms with Crippen molar-refractivity contribution < 1.29 is 18.4 Å². The second-order valence-corrected chi connectivity index (χ2v) is 6.35. The lowest BCUT2D eigenvalue weighted by Gasteiger charge is -2.10. The minimum atomic E-state index is -0.320. The Balaban J connectivity index is 1.82. The monoisotopic (exact) mass is 324 g/mol. The van der Waals surface area contributed by atoms with E-state index in [9.17, 15) is 4.79 Å². The van der Waals surface area contributed by atoms with Crippen LogP contribution in [0.15, 0.2) is 39.2 Å². The minimum Gasteiger partial charge on any atom is -0.465 e. The first-order valence-electron chi connectivity index (χ1n) is 8.40. The van der Waals surface area contributed by atoms with Crippen molar-refractivity contribution in [2.45, 2.75) is 38.5 Å². The average Bonchev–Trinajstić information content (AvgIpc) is 3.21.